The minimum Gasteiger partial charge on any atom is -0.370 e. The van der Waals surface area contributed by atoms with Crippen LogP contribution in [0.4, 0.5) is 0 Å². The maximum Gasteiger partial charge on any atom is 0.0757 e. The Morgan fingerprint density at radius 2 is 2.19 bits per heavy atom. The molecule has 2 N–H and O–H groups in total. The smallest absolute Gasteiger partial charge is 0.0757 e. The van der Waals surface area contributed by atoms with Crippen LogP contribution in [0.5, 0.6) is 0 Å². The first-order valence-electron chi connectivity index (χ1n) is 6.53. The van der Waals surface area contributed by atoms with Crippen LogP contribution in [-0.4, -0.2) is 42.8 Å². The normalized spacial score (nSPS) is 27.9. The summed E-state index contributed by atoms with van der Waals surface area (Å²) in [5.74, 6) is 0.659. The summed E-state index contributed by atoms with van der Waals surface area (Å²) in [4.78, 5) is 2.53. The monoisotopic (exact) mass is 228 g/mol. The van der Waals surface area contributed by atoms with Gasteiger partial charge in [-0.2, -0.15) is 0 Å². The Morgan fingerprint density at radius 3 is 2.75 bits per heavy atom. The molecule has 0 aromatic heterocycles. The second-order valence-corrected chi connectivity index (χ2v) is 5.91. The Hall–Kier alpha value is -0.120. The molecule has 3 nitrogen and oxygen atoms in total. The summed E-state index contributed by atoms with van der Waals surface area (Å²) >= 11 is 0. The number of morpholine rings is 1. The number of hydrogen-bond donors (Lipinski definition) is 1. The third-order valence-electron chi connectivity index (χ3n) is 3.21. The van der Waals surface area contributed by atoms with E-state index in [0.717, 1.165) is 19.6 Å². The first kappa shape index (κ1) is 13.9. The molecular weight excluding hydrogens is 200 g/mol. The lowest BCUT2D eigenvalue weighted by atomic mass is 10.0. The number of nitrogens with two attached hydrogens (primary N) is 1. The second kappa shape index (κ2) is 5.99. The van der Waals surface area contributed by atoms with Gasteiger partial charge >= 0.3 is 0 Å². The molecule has 0 radical (unpaired) electrons. The summed E-state index contributed by atoms with van der Waals surface area (Å²) in [6.07, 6.45) is 2.85. The molecule has 1 fully saturated rings. The van der Waals surface area contributed by atoms with E-state index in [9.17, 15) is 0 Å². The molecule has 1 heterocycles. The number of ether oxygens (including phenoxy) is 1. The van der Waals surface area contributed by atoms with Gasteiger partial charge < -0.3 is 10.5 Å². The van der Waals surface area contributed by atoms with Crippen LogP contribution < -0.4 is 5.73 Å². The zero-order valence-corrected chi connectivity index (χ0v) is 11.3. The first-order valence-corrected chi connectivity index (χ1v) is 6.53. The van der Waals surface area contributed by atoms with Crippen molar-refractivity contribution in [2.24, 2.45) is 11.7 Å². The molecule has 0 aromatic rings. The Bertz CT molecular complexity index is 206. The van der Waals surface area contributed by atoms with Crippen molar-refractivity contribution < 1.29 is 4.74 Å². The number of hydrogen-bond acceptors (Lipinski definition) is 3. The van der Waals surface area contributed by atoms with Gasteiger partial charge in [0.2, 0.25) is 0 Å². The molecule has 96 valence electrons. The lowest BCUT2D eigenvalue weighted by Crippen LogP contribution is -2.51. The predicted molar refractivity (Wildman–Crippen MR) is 68.5 cm³/mol. The van der Waals surface area contributed by atoms with E-state index in [2.05, 4.69) is 32.6 Å². The van der Waals surface area contributed by atoms with Crippen LogP contribution in [0.25, 0.3) is 0 Å². The van der Waals surface area contributed by atoms with Crippen molar-refractivity contribution in [3.63, 3.8) is 0 Å². The van der Waals surface area contributed by atoms with Crippen molar-refractivity contribution >= 4 is 0 Å². The summed E-state index contributed by atoms with van der Waals surface area (Å²) in [6, 6.07) is 0. The molecule has 2 unspecified atom stereocenters. The zero-order valence-electron chi connectivity index (χ0n) is 11.3. The minimum atomic E-state index is 0.0111. The fourth-order valence-corrected chi connectivity index (χ4v) is 2.54. The fourth-order valence-electron chi connectivity index (χ4n) is 2.54. The number of nitrogens with zero attached hydrogens (tertiary/aromatic N) is 1. The number of rotatable bonds is 5. The van der Waals surface area contributed by atoms with Crippen LogP contribution in [0, 0.1) is 5.92 Å². The SMILES string of the molecule is CC(CN)CCCN1CC(C)OC(C)(C)C1. The molecule has 0 aromatic carbocycles. The van der Waals surface area contributed by atoms with E-state index in [1.165, 1.54) is 19.4 Å². The van der Waals surface area contributed by atoms with Gasteiger partial charge in [0.25, 0.3) is 0 Å². The van der Waals surface area contributed by atoms with Gasteiger partial charge in [-0.3, -0.25) is 4.90 Å². The highest BCUT2D eigenvalue weighted by Gasteiger charge is 2.30. The van der Waals surface area contributed by atoms with E-state index in [1.54, 1.807) is 0 Å². The minimum absolute atomic E-state index is 0.0111. The van der Waals surface area contributed by atoms with Crippen LogP contribution in [0.3, 0.4) is 0 Å². The van der Waals surface area contributed by atoms with Gasteiger partial charge in [0.1, 0.15) is 0 Å². The summed E-state index contributed by atoms with van der Waals surface area (Å²) in [6.45, 7) is 12.9. The molecule has 0 amide bonds. The standard InChI is InChI=1S/C13H28N2O/c1-11(8-14)6-5-7-15-9-12(2)16-13(3,4)10-15/h11-12H,5-10,14H2,1-4H3. The van der Waals surface area contributed by atoms with E-state index >= 15 is 0 Å². The third kappa shape index (κ3) is 4.81. The van der Waals surface area contributed by atoms with Crippen molar-refractivity contribution in [3.05, 3.63) is 0 Å². The average molecular weight is 228 g/mol. The van der Waals surface area contributed by atoms with Crippen LogP contribution >= 0.6 is 0 Å². The molecule has 16 heavy (non-hydrogen) atoms. The maximum absolute atomic E-state index is 5.89. The summed E-state index contributed by atoms with van der Waals surface area (Å²) in [5.41, 5.74) is 5.63. The van der Waals surface area contributed by atoms with E-state index in [0.29, 0.717) is 12.0 Å². The fraction of sp³-hybridized carbons (Fsp3) is 1.00. The van der Waals surface area contributed by atoms with Crippen molar-refractivity contribution in [1.82, 2.24) is 4.90 Å². The van der Waals surface area contributed by atoms with Gasteiger partial charge in [-0.15, -0.1) is 0 Å². The molecule has 0 aliphatic carbocycles. The predicted octanol–water partition coefficient (Wildman–Crippen LogP) is 1.86. The van der Waals surface area contributed by atoms with Crippen LogP contribution in [0.2, 0.25) is 0 Å². The zero-order chi connectivity index (χ0) is 12.2. The van der Waals surface area contributed by atoms with E-state index in [1.807, 2.05) is 0 Å². The van der Waals surface area contributed by atoms with Crippen molar-refractivity contribution in [2.45, 2.75) is 52.2 Å². The van der Waals surface area contributed by atoms with Crippen LogP contribution in [0.1, 0.15) is 40.5 Å². The molecule has 2 atom stereocenters. The van der Waals surface area contributed by atoms with Crippen LogP contribution in [-0.2, 0) is 4.74 Å². The molecule has 1 aliphatic rings. The van der Waals surface area contributed by atoms with Gasteiger partial charge in [0.15, 0.2) is 0 Å². The molecule has 0 spiro atoms. The van der Waals surface area contributed by atoms with Gasteiger partial charge in [0.05, 0.1) is 11.7 Å². The Kier molecular flexibility index (Phi) is 5.22. The summed E-state index contributed by atoms with van der Waals surface area (Å²) in [5, 5.41) is 0. The van der Waals surface area contributed by atoms with E-state index in [-0.39, 0.29) is 5.60 Å². The van der Waals surface area contributed by atoms with Crippen molar-refractivity contribution in [3.8, 4) is 0 Å². The summed E-state index contributed by atoms with van der Waals surface area (Å²) in [7, 11) is 0. The molecule has 0 saturated carbocycles. The van der Waals surface area contributed by atoms with Gasteiger partial charge in [-0.25, -0.2) is 0 Å². The third-order valence-corrected chi connectivity index (χ3v) is 3.21. The molecule has 1 aliphatic heterocycles. The highest BCUT2D eigenvalue weighted by atomic mass is 16.5. The topological polar surface area (TPSA) is 38.5 Å². The van der Waals surface area contributed by atoms with Crippen LogP contribution in [0.15, 0.2) is 0 Å². The van der Waals surface area contributed by atoms with Crippen molar-refractivity contribution in [2.75, 3.05) is 26.2 Å². The average Bonchev–Trinajstić information content (AvgIpc) is 2.14. The van der Waals surface area contributed by atoms with Gasteiger partial charge in [-0.05, 0) is 52.6 Å². The Labute approximate surface area is 100 Å². The van der Waals surface area contributed by atoms with E-state index < -0.39 is 0 Å². The van der Waals surface area contributed by atoms with Gasteiger partial charge in [-0.1, -0.05) is 6.92 Å². The van der Waals surface area contributed by atoms with E-state index in [4.69, 9.17) is 10.5 Å². The molecule has 1 saturated heterocycles. The summed E-state index contributed by atoms with van der Waals surface area (Å²) < 4.78 is 5.89. The molecule has 1 rings (SSSR count). The molecule has 0 bridgehead atoms. The Balaban J connectivity index is 2.26. The first-order chi connectivity index (χ1) is 7.43. The molecular formula is C13H28N2O. The maximum atomic E-state index is 5.89. The highest BCUT2D eigenvalue weighted by molar-refractivity contribution is 4.82. The largest absolute Gasteiger partial charge is 0.370 e. The second-order valence-electron chi connectivity index (χ2n) is 5.91. The van der Waals surface area contributed by atoms with Crippen molar-refractivity contribution in [1.29, 1.82) is 0 Å². The lowest BCUT2D eigenvalue weighted by Gasteiger charge is -2.41. The molecule has 3 heteroatoms. The lowest BCUT2D eigenvalue weighted by molar-refractivity contribution is -0.128. The Morgan fingerprint density at radius 1 is 1.50 bits per heavy atom. The van der Waals surface area contributed by atoms with Gasteiger partial charge in [0, 0.05) is 13.1 Å². The quantitative estimate of drug-likeness (QED) is 0.780. The highest BCUT2D eigenvalue weighted by Crippen LogP contribution is 2.21.